The third-order valence-corrected chi connectivity index (χ3v) is 6.11. The number of amides is 2. The van der Waals surface area contributed by atoms with Crippen molar-refractivity contribution >= 4 is 35.0 Å². The number of nitrogens with one attached hydrogen (secondary N) is 1. The maximum atomic E-state index is 13.1. The summed E-state index contributed by atoms with van der Waals surface area (Å²) in [5, 5.41) is 3.80. The van der Waals surface area contributed by atoms with Crippen LogP contribution in [-0.2, 0) is 16.1 Å². The molecule has 0 fully saturated rings. The topological polar surface area (TPSA) is 67.9 Å². The van der Waals surface area contributed by atoms with Crippen LogP contribution in [0.2, 0.25) is 10.0 Å². The van der Waals surface area contributed by atoms with Gasteiger partial charge in [0.15, 0.2) is 0 Å². The lowest BCUT2D eigenvalue weighted by molar-refractivity contribution is -0.141. The average Bonchev–Trinajstić information content (AvgIpc) is 2.82. The van der Waals surface area contributed by atoms with Crippen molar-refractivity contribution in [1.82, 2.24) is 10.2 Å². The van der Waals surface area contributed by atoms with Gasteiger partial charge >= 0.3 is 0 Å². The minimum absolute atomic E-state index is 0.0276. The van der Waals surface area contributed by atoms with Crippen molar-refractivity contribution in [2.45, 2.75) is 58.7 Å². The standard InChI is InChI=1S/C25H32Cl2N2O4/c1-5-17(2)28-25(31)18(3)29(16-19-8-13-22(26)23(27)15-19)24(30)7-6-14-33-21-11-9-20(32-4)10-12-21/h8-13,15,17-18H,5-7,14,16H2,1-4H3,(H,28,31)/t17-,18-/m1/s1. The zero-order valence-corrected chi connectivity index (χ0v) is 21.1. The Bertz CT molecular complexity index is 921. The molecule has 0 spiro atoms. The molecule has 2 amide bonds. The van der Waals surface area contributed by atoms with Gasteiger partial charge < -0.3 is 19.7 Å². The van der Waals surface area contributed by atoms with E-state index in [2.05, 4.69) is 5.32 Å². The summed E-state index contributed by atoms with van der Waals surface area (Å²) in [6, 6.07) is 11.9. The third-order valence-electron chi connectivity index (χ3n) is 5.37. The van der Waals surface area contributed by atoms with Gasteiger partial charge in [0.05, 0.1) is 23.8 Å². The summed E-state index contributed by atoms with van der Waals surface area (Å²) in [5.41, 5.74) is 0.801. The van der Waals surface area contributed by atoms with Crippen molar-refractivity contribution in [3.63, 3.8) is 0 Å². The zero-order chi connectivity index (χ0) is 24.4. The Hall–Kier alpha value is -2.44. The second kappa shape index (κ2) is 13.3. The van der Waals surface area contributed by atoms with Crippen LogP contribution in [0.15, 0.2) is 42.5 Å². The minimum Gasteiger partial charge on any atom is -0.497 e. The summed E-state index contributed by atoms with van der Waals surface area (Å²) in [7, 11) is 1.61. The van der Waals surface area contributed by atoms with Crippen molar-refractivity contribution in [3.05, 3.63) is 58.1 Å². The summed E-state index contributed by atoms with van der Waals surface area (Å²) in [6.07, 6.45) is 1.57. The fraction of sp³-hybridized carbons (Fsp3) is 0.440. The molecule has 180 valence electrons. The van der Waals surface area contributed by atoms with Crippen molar-refractivity contribution in [1.29, 1.82) is 0 Å². The van der Waals surface area contributed by atoms with Crippen LogP contribution in [0.4, 0.5) is 0 Å². The van der Waals surface area contributed by atoms with Crippen LogP contribution in [0.5, 0.6) is 11.5 Å². The maximum absolute atomic E-state index is 13.1. The van der Waals surface area contributed by atoms with Crippen LogP contribution < -0.4 is 14.8 Å². The molecule has 0 saturated carbocycles. The first-order chi connectivity index (χ1) is 15.7. The Kier molecular flexibility index (Phi) is 10.8. The summed E-state index contributed by atoms with van der Waals surface area (Å²) < 4.78 is 10.9. The molecule has 2 aromatic carbocycles. The fourth-order valence-corrected chi connectivity index (χ4v) is 3.43. The molecule has 8 heteroatoms. The van der Waals surface area contributed by atoms with E-state index in [9.17, 15) is 9.59 Å². The second-order valence-electron chi connectivity index (χ2n) is 7.89. The Labute approximate surface area is 206 Å². The van der Waals surface area contributed by atoms with Gasteiger partial charge in [-0.25, -0.2) is 0 Å². The van der Waals surface area contributed by atoms with E-state index in [4.69, 9.17) is 32.7 Å². The van der Waals surface area contributed by atoms with Crippen LogP contribution >= 0.6 is 23.2 Å². The van der Waals surface area contributed by atoms with E-state index in [1.807, 2.05) is 38.1 Å². The molecule has 0 saturated heterocycles. The fourth-order valence-electron chi connectivity index (χ4n) is 3.11. The quantitative estimate of drug-likeness (QED) is 0.396. The normalized spacial score (nSPS) is 12.5. The lowest BCUT2D eigenvalue weighted by atomic mass is 10.1. The minimum atomic E-state index is -0.636. The molecule has 0 radical (unpaired) electrons. The van der Waals surface area contributed by atoms with Crippen molar-refractivity contribution in [2.75, 3.05) is 13.7 Å². The van der Waals surface area contributed by atoms with Crippen LogP contribution in [0, 0.1) is 0 Å². The van der Waals surface area contributed by atoms with Gasteiger partial charge in [0.2, 0.25) is 11.8 Å². The van der Waals surface area contributed by atoms with E-state index < -0.39 is 6.04 Å². The number of ether oxygens (including phenoxy) is 2. The largest absolute Gasteiger partial charge is 0.497 e. The molecule has 33 heavy (non-hydrogen) atoms. The number of methoxy groups -OCH3 is 1. The Morgan fingerprint density at radius 3 is 2.30 bits per heavy atom. The number of halogens is 2. The van der Waals surface area contributed by atoms with E-state index in [0.29, 0.717) is 28.8 Å². The molecule has 0 unspecified atom stereocenters. The van der Waals surface area contributed by atoms with E-state index in [1.54, 1.807) is 37.1 Å². The summed E-state index contributed by atoms with van der Waals surface area (Å²) in [6.45, 7) is 6.31. The zero-order valence-electron chi connectivity index (χ0n) is 19.6. The highest BCUT2D eigenvalue weighted by molar-refractivity contribution is 6.42. The Morgan fingerprint density at radius 2 is 1.70 bits per heavy atom. The van der Waals surface area contributed by atoms with Gasteiger partial charge in [0.1, 0.15) is 17.5 Å². The molecule has 2 aromatic rings. The molecule has 6 nitrogen and oxygen atoms in total. The van der Waals surface area contributed by atoms with E-state index in [0.717, 1.165) is 17.7 Å². The predicted octanol–water partition coefficient (Wildman–Crippen LogP) is 5.49. The highest BCUT2D eigenvalue weighted by Crippen LogP contribution is 2.24. The van der Waals surface area contributed by atoms with Crippen LogP contribution in [-0.4, -0.2) is 42.5 Å². The number of carbonyl (C=O) groups is 2. The van der Waals surface area contributed by atoms with Gasteiger partial charge in [0, 0.05) is 19.0 Å². The monoisotopic (exact) mass is 494 g/mol. The van der Waals surface area contributed by atoms with Gasteiger partial charge in [-0.3, -0.25) is 9.59 Å². The highest BCUT2D eigenvalue weighted by Gasteiger charge is 2.26. The molecule has 0 aliphatic carbocycles. The summed E-state index contributed by atoms with van der Waals surface area (Å²) in [4.78, 5) is 27.4. The van der Waals surface area contributed by atoms with E-state index in [-0.39, 0.29) is 30.8 Å². The van der Waals surface area contributed by atoms with Gasteiger partial charge in [-0.15, -0.1) is 0 Å². The van der Waals surface area contributed by atoms with Gasteiger partial charge in [-0.1, -0.05) is 36.2 Å². The number of rotatable bonds is 12. The van der Waals surface area contributed by atoms with Gasteiger partial charge in [-0.05, 0) is 68.7 Å². The van der Waals surface area contributed by atoms with Gasteiger partial charge in [0.25, 0.3) is 0 Å². The Morgan fingerprint density at radius 1 is 1.03 bits per heavy atom. The first kappa shape index (κ1) is 26.8. The lowest BCUT2D eigenvalue weighted by Gasteiger charge is -2.30. The molecular weight excluding hydrogens is 463 g/mol. The van der Waals surface area contributed by atoms with Crippen LogP contribution in [0.25, 0.3) is 0 Å². The molecule has 0 heterocycles. The molecule has 1 N–H and O–H groups in total. The SMILES string of the molecule is CC[C@@H](C)NC(=O)[C@@H](C)N(Cc1ccc(Cl)c(Cl)c1)C(=O)CCCOc1ccc(OC)cc1. The smallest absolute Gasteiger partial charge is 0.242 e. The second-order valence-corrected chi connectivity index (χ2v) is 8.71. The van der Waals surface area contributed by atoms with Crippen LogP contribution in [0.1, 0.15) is 45.6 Å². The maximum Gasteiger partial charge on any atom is 0.242 e. The summed E-state index contributed by atoms with van der Waals surface area (Å²) in [5.74, 6) is 1.13. The molecule has 0 aromatic heterocycles. The first-order valence-corrected chi connectivity index (χ1v) is 11.8. The molecule has 2 atom stereocenters. The average molecular weight is 495 g/mol. The molecular formula is C25H32Cl2N2O4. The predicted molar refractivity (Wildman–Crippen MR) is 132 cm³/mol. The number of benzene rings is 2. The van der Waals surface area contributed by atoms with Crippen molar-refractivity contribution < 1.29 is 19.1 Å². The molecule has 0 aliphatic rings. The van der Waals surface area contributed by atoms with E-state index >= 15 is 0 Å². The van der Waals surface area contributed by atoms with Gasteiger partial charge in [-0.2, -0.15) is 0 Å². The number of nitrogens with zero attached hydrogens (tertiary/aromatic N) is 1. The summed E-state index contributed by atoms with van der Waals surface area (Å²) >= 11 is 12.2. The van der Waals surface area contributed by atoms with Crippen molar-refractivity contribution in [3.8, 4) is 11.5 Å². The Balaban J connectivity index is 2.02. The lowest BCUT2D eigenvalue weighted by Crippen LogP contribution is -2.49. The highest BCUT2D eigenvalue weighted by atomic mass is 35.5. The van der Waals surface area contributed by atoms with Crippen molar-refractivity contribution in [2.24, 2.45) is 0 Å². The molecule has 2 rings (SSSR count). The third kappa shape index (κ3) is 8.45. The number of carbonyl (C=O) groups excluding carboxylic acids is 2. The number of hydrogen-bond acceptors (Lipinski definition) is 4. The first-order valence-electron chi connectivity index (χ1n) is 11.1. The van der Waals surface area contributed by atoms with E-state index in [1.165, 1.54) is 0 Å². The number of hydrogen-bond donors (Lipinski definition) is 1. The van der Waals surface area contributed by atoms with Crippen LogP contribution in [0.3, 0.4) is 0 Å². The molecule has 0 aliphatic heterocycles. The molecule has 0 bridgehead atoms.